The summed E-state index contributed by atoms with van der Waals surface area (Å²) in [5.74, 6) is 0.0987. The topological polar surface area (TPSA) is 54.7 Å². The second-order valence-electron chi connectivity index (χ2n) is 6.04. The molecule has 1 aromatic heterocycles. The van der Waals surface area contributed by atoms with Crippen molar-refractivity contribution in [2.75, 3.05) is 26.7 Å². The average Bonchev–Trinajstić information content (AvgIpc) is 3.01. The molecule has 0 aliphatic heterocycles. The first-order valence-corrected chi connectivity index (χ1v) is 8.68. The predicted molar refractivity (Wildman–Crippen MR) is 97.6 cm³/mol. The molecule has 0 amide bonds. The van der Waals surface area contributed by atoms with Gasteiger partial charge in [-0.05, 0) is 19.1 Å². The average molecular weight is 401 g/mol. The van der Waals surface area contributed by atoms with Crippen LogP contribution in [-0.2, 0) is 19.8 Å². The molecule has 1 aromatic carbocycles. The highest BCUT2D eigenvalue weighted by Gasteiger charge is 2.36. The Morgan fingerprint density at radius 3 is 2.68 bits per heavy atom. The number of hydrogen-bond acceptors (Lipinski definition) is 3. The number of nitrogens with one attached hydrogen (secondary N) is 1. The van der Waals surface area contributed by atoms with Crippen molar-refractivity contribution in [3.63, 3.8) is 0 Å². The van der Waals surface area contributed by atoms with Gasteiger partial charge in [0.2, 0.25) is 0 Å². The van der Waals surface area contributed by atoms with Gasteiger partial charge in [0.05, 0.1) is 13.1 Å². The van der Waals surface area contributed by atoms with Crippen LogP contribution in [0.1, 0.15) is 18.2 Å². The summed E-state index contributed by atoms with van der Waals surface area (Å²) in [6.45, 7) is 2.76. The van der Waals surface area contributed by atoms with Crippen LogP contribution in [-0.4, -0.2) is 47.4 Å². The van der Waals surface area contributed by atoms with Gasteiger partial charge in [-0.15, -0.1) is 0 Å². The van der Waals surface area contributed by atoms with Crippen molar-refractivity contribution >= 4 is 5.96 Å². The Hall–Kier alpha value is -2.78. The smallest absolute Gasteiger partial charge is 0.435 e. The number of benzene rings is 1. The van der Waals surface area contributed by atoms with Crippen LogP contribution in [0, 0.1) is 5.82 Å². The number of alkyl halides is 3. The molecule has 154 valence electrons. The Morgan fingerprint density at radius 2 is 2.04 bits per heavy atom. The van der Waals surface area contributed by atoms with Gasteiger partial charge >= 0.3 is 6.18 Å². The quantitative estimate of drug-likeness (QED) is 0.440. The fourth-order valence-electron chi connectivity index (χ4n) is 2.48. The van der Waals surface area contributed by atoms with Gasteiger partial charge in [0.1, 0.15) is 6.61 Å². The fraction of sp³-hybridized carbons (Fsp3) is 0.444. The standard InChI is InChI=1S/C18H23F4N5O/c1-4-23-17(24-11-13-12-27(3)25-16(13)18(20,21)22)26(2)9-10-28-15-8-6-5-7-14(15)19/h5-8,12H,4,9-11H2,1-3H3,(H,23,24). The second-order valence-corrected chi connectivity index (χ2v) is 6.04. The predicted octanol–water partition coefficient (Wildman–Crippen LogP) is 3.05. The summed E-state index contributed by atoms with van der Waals surface area (Å²) in [5.41, 5.74) is -0.957. The lowest BCUT2D eigenvalue weighted by molar-refractivity contribution is -0.142. The minimum atomic E-state index is -4.54. The Balaban J connectivity index is 2.02. The van der Waals surface area contributed by atoms with E-state index < -0.39 is 17.7 Å². The molecule has 0 unspecified atom stereocenters. The van der Waals surface area contributed by atoms with Crippen molar-refractivity contribution in [1.29, 1.82) is 0 Å². The minimum absolute atomic E-state index is 0.0126. The van der Waals surface area contributed by atoms with Crippen molar-refractivity contribution in [2.24, 2.45) is 12.0 Å². The van der Waals surface area contributed by atoms with Crippen molar-refractivity contribution in [1.82, 2.24) is 20.0 Å². The van der Waals surface area contributed by atoms with Crippen LogP contribution < -0.4 is 10.1 Å². The molecule has 10 heteroatoms. The number of rotatable bonds is 7. The minimum Gasteiger partial charge on any atom is -0.489 e. The molecule has 0 aliphatic carbocycles. The SMILES string of the molecule is CCNC(=NCc1cn(C)nc1C(F)(F)F)N(C)CCOc1ccccc1F. The first kappa shape index (κ1) is 21.5. The second kappa shape index (κ2) is 9.43. The lowest BCUT2D eigenvalue weighted by Crippen LogP contribution is -2.40. The van der Waals surface area contributed by atoms with Crippen molar-refractivity contribution in [3.8, 4) is 5.75 Å². The van der Waals surface area contributed by atoms with Gasteiger partial charge in [0, 0.05) is 32.4 Å². The largest absolute Gasteiger partial charge is 0.489 e. The molecule has 28 heavy (non-hydrogen) atoms. The highest BCUT2D eigenvalue weighted by Crippen LogP contribution is 2.30. The number of likely N-dealkylation sites (N-methyl/N-ethyl adjacent to an activating group) is 1. The summed E-state index contributed by atoms with van der Waals surface area (Å²) in [6.07, 6.45) is -3.23. The zero-order chi connectivity index (χ0) is 20.7. The molecule has 2 aromatic rings. The maximum Gasteiger partial charge on any atom is 0.435 e. The molecule has 0 saturated heterocycles. The summed E-state index contributed by atoms with van der Waals surface area (Å²) < 4.78 is 59.3. The first-order valence-electron chi connectivity index (χ1n) is 8.68. The number of hydrogen-bond donors (Lipinski definition) is 1. The molecule has 1 heterocycles. The van der Waals surface area contributed by atoms with E-state index in [4.69, 9.17) is 4.74 Å². The summed E-state index contributed by atoms with van der Waals surface area (Å²) in [5, 5.41) is 6.49. The lowest BCUT2D eigenvalue weighted by atomic mass is 10.2. The third-order valence-corrected chi connectivity index (χ3v) is 3.79. The zero-order valence-corrected chi connectivity index (χ0v) is 15.9. The third-order valence-electron chi connectivity index (χ3n) is 3.79. The van der Waals surface area contributed by atoms with Crippen LogP contribution in [0.5, 0.6) is 5.75 Å². The molecular weight excluding hydrogens is 378 g/mol. The Bertz CT molecular complexity index is 804. The molecular formula is C18H23F4N5O. The van der Waals surface area contributed by atoms with Crippen LogP contribution in [0.25, 0.3) is 0 Å². The number of halogens is 4. The molecule has 0 fully saturated rings. The Morgan fingerprint density at radius 1 is 1.32 bits per heavy atom. The number of aromatic nitrogens is 2. The van der Waals surface area contributed by atoms with Gasteiger partial charge in [-0.1, -0.05) is 12.1 Å². The van der Waals surface area contributed by atoms with Gasteiger partial charge in [-0.2, -0.15) is 18.3 Å². The normalized spacial score (nSPS) is 12.2. The van der Waals surface area contributed by atoms with E-state index in [1.807, 2.05) is 6.92 Å². The van der Waals surface area contributed by atoms with E-state index in [0.717, 1.165) is 4.68 Å². The van der Waals surface area contributed by atoms with E-state index in [2.05, 4.69) is 15.4 Å². The summed E-state index contributed by atoms with van der Waals surface area (Å²) in [7, 11) is 3.15. The first-order chi connectivity index (χ1) is 13.2. The molecule has 2 rings (SSSR count). The van der Waals surface area contributed by atoms with E-state index in [-0.39, 0.29) is 24.5 Å². The van der Waals surface area contributed by atoms with Gasteiger partial charge in [-0.25, -0.2) is 9.38 Å². The monoisotopic (exact) mass is 401 g/mol. The van der Waals surface area contributed by atoms with Crippen LogP contribution >= 0.6 is 0 Å². The van der Waals surface area contributed by atoms with Crippen molar-refractivity contribution in [3.05, 3.63) is 47.5 Å². The van der Waals surface area contributed by atoms with Crippen molar-refractivity contribution < 1.29 is 22.3 Å². The molecule has 0 saturated carbocycles. The van der Waals surface area contributed by atoms with Gasteiger partial charge < -0.3 is 15.0 Å². The maximum atomic E-state index is 13.6. The summed E-state index contributed by atoms with van der Waals surface area (Å²) in [6, 6.07) is 6.06. The highest BCUT2D eigenvalue weighted by atomic mass is 19.4. The third kappa shape index (κ3) is 5.86. The number of guanidine groups is 1. The zero-order valence-electron chi connectivity index (χ0n) is 15.9. The molecule has 0 spiro atoms. The van der Waals surface area contributed by atoms with E-state index >= 15 is 0 Å². The van der Waals surface area contributed by atoms with Gasteiger partial charge in [0.25, 0.3) is 0 Å². The number of ether oxygens (including phenoxy) is 1. The summed E-state index contributed by atoms with van der Waals surface area (Å²) in [4.78, 5) is 5.97. The number of para-hydroxylation sites is 1. The maximum absolute atomic E-state index is 13.6. The fourth-order valence-corrected chi connectivity index (χ4v) is 2.48. The molecule has 0 radical (unpaired) electrons. The molecule has 0 aliphatic rings. The molecule has 1 N–H and O–H groups in total. The van der Waals surface area contributed by atoms with Crippen LogP contribution in [0.15, 0.2) is 35.5 Å². The molecule has 0 atom stereocenters. The van der Waals surface area contributed by atoms with E-state index in [0.29, 0.717) is 19.0 Å². The number of aliphatic imine (C=N–C) groups is 1. The lowest BCUT2D eigenvalue weighted by Gasteiger charge is -2.22. The molecule has 6 nitrogen and oxygen atoms in total. The Labute approximate surface area is 160 Å². The van der Waals surface area contributed by atoms with Crippen LogP contribution in [0.4, 0.5) is 17.6 Å². The molecule has 0 bridgehead atoms. The van der Waals surface area contributed by atoms with E-state index in [1.165, 1.54) is 25.4 Å². The Kier molecular flexibility index (Phi) is 7.24. The van der Waals surface area contributed by atoms with E-state index in [1.54, 1.807) is 24.1 Å². The number of nitrogens with zero attached hydrogens (tertiary/aromatic N) is 4. The van der Waals surface area contributed by atoms with Crippen LogP contribution in [0.3, 0.4) is 0 Å². The van der Waals surface area contributed by atoms with Crippen LogP contribution in [0.2, 0.25) is 0 Å². The van der Waals surface area contributed by atoms with Crippen molar-refractivity contribution in [2.45, 2.75) is 19.6 Å². The number of aryl methyl sites for hydroxylation is 1. The summed E-state index contributed by atoms with van der Waals surface area (Å²) >= 11 is 0. The highest BCUT2D eigenvalue weighted by molar-refractivity contribution is 5.79. The van der Waals surface area contributed by atoms with Gasteiger partial charge in [-0.3, -0.25) is 4.68 Å². The van der Waals surface area contributed by atoms with E-state index in [9.17, 15) is 17.6 Å². The van der Waals surface area contributed by atoms with Gasteiger partial charge in [0.15, 0.2) is 23.2 Å².